The lowest BCUT2D eigenvalue weighted by atomic mass is 9.90. The topological polar surface area (TPSA) is 125 Å². The Hall–Kier alpha value is -1.06. The molecule has 4 N–H and O–H groups in total. The summed E-state index contributed by atoms with van der Waals surface area (Å²) in [4.78, 5) is 22.8. The van der Waals surface area contributed by atoms with Crippen molar-refractivity contribution < 1.29 is 34.4 Å². The fourth-order valence-corrected chi connectivity index (χ4v) is 2.00. The molecule has 0 aliphatic carbocycles. The molecule has 0 bridgehead atoms. The Bertz CT molecular complexity index is 412. The highest BCUT2D eigenvalue weighted by atomic mass is 16.7. The van der Waals surface area contributed by atoms with E-state index in [1.165, 1.54) is 13.8 Å². The maximum Gasteiger partial charge on any atom is 0.217 e. The lowest BCUT2D eigenvalue weighted by molar-refractivity contribution is -0.274. The number of nitrogens with one attached hydrogen (secondary N) is 1. The number of rotatable bonds is 6. The van der Waals surface area contributed by atoms with E-state index in [-0.39, 0.29) is 12.4 Å². The van der Waals surface area contributed by atoms with Crippen molar-refractivity contribution in [1.82, 2.24) is 5.32 Å². The van der Waals surface area contributed by atoms with Crippen LogP contribution in [0.1, 0.15) is 27.7 Å². The number of ether oxygens (including phenoxy) is 2. The van der Waals surface area contributed by atoms with Crippen LogP contribution in [0, 0.1) is 5.41 Å². The normalized spacial score (nSPS) is 32.6. The van der Waals surface area contributed by atoms with E-state index in [0.717, 1.165) is 0 Å². The van der Waals surface area contributed by atoms with E-state index in [0.29, 0.717) is 0 Å². The molecule has 0 spiro atoms. The van der Waals surface area contributed by atoms with Crippen molar-refractivity contribution in [2.75, 3.05) is 13.2 Å². The third-order valence-electron chi connectivity index (χ3n) is 3.81. The van der Waals surface area contributed by atoms with Crippen molar-refractivity contribution in [2.24, 2.45) is 5.41 Å². The fourth-order valence-electron chi connectivity index (χ4n) is 2.00. The zero-order chi connectivity index (χ0) is 17.1. The summed E-state index contributed by atoms with van der Waals surface area (Å²) >= 11 is 0. The van der Waals surface area contributed by atoms with Crippen molar-refractivity contribution in [3.05, 3.63) is 0 Å². The predicted octanol–water partition coefficient (Wildman–Crippen LogP) is -1.44. The van der Waals surface area contributed by atoms with Gasteiger partial charge in [0.15, 0.2) is 6.29 Å². The molecule has 0 saturated carbocycles. The van der Waals surface area contributed by atoms with Gasteiger partial charge in [-0.05, 0) is 6.92 Å². The molecular formula is C14H25NO7. The second kappa shape index (κ2) is 7.47. The Morgan fingerprint density at radius 2 is 1.82 bits per heavy atom. The standard InChI is InChI=1S/C14H25NO7/c1-7(17)14(3,4)6-21-13-10(15-8(2)18)12(20)11(19)9(5-16)22-13/h9-13,16,19-20H,5-6H2,1-4H3,(H,15,18)/t9-,10-,11-,12-,13-/m1/s1. The maximum absolute atomic E-state index is 11.5. The van der Waals surface area contributed by atoms with Gasteiger partial charge in [-0.3, -0.25) is 9.59 Å². The van der Waals surface area contributed by atoms with Gasteiger partial charge in [-0.1, -0.05) is 13.8 Å². The molecule has 8 heteroatoms. The summed E-state index contributed by atoms with van der Waals surface area (Å²) in [5.74, 6) is -0.514. The van der Waals surface area contributed by atoms with Gasteiger partial charge >= 0.3 is 0 Å². The van der Waals surface area contributed by atoms with Gasteiger partial charge in [0.2, 0.25) is 5.91 Å². The Morgan fingerprint density at radius 3 is 2.27 bits per heavy atom. The quantitative estimate of drug-likeness (QED) is 0.472. The van der Waals surface area contributed by atoms with Crippen LogP contribution in [0.4, 0.5) is 0 Å². The highest BCUT2D eigenvalue weighted by molar-refractivity contribution is 5.81. The maximum atomic E-state index is 11.5. The Labute approximate surface area is 129 Å². The average Bonchev–Trinajstić information content (AvgIpc) is 2.42. The summed E-state index contributed by atoms with van der Waals surface area (Å²) in [5, 5.41) is 31.6. The second-order valence-corrected chi connectivity index (χ2v) is 6.18. The highest BCUT2D eigenvalue weighted by Crippen LogP contribution is 2.25. The molecule has 1 fully saturated rings. The van der Waals surface area contributed by atoms with E-state index in [4.69, 9.17) is 9.47 Å². The number of ketones is 1. The number of amides is 1. The first-order valence-electron chi connectivity index (χ1n) is 7.12. The van der Waals surface area contributed by atoms with Gasteiger partial charge in [0.1, 0.15) is 30.1 Å². The Kier molecular flexibility index (Phi) is 6.45. The first kappa shape index (κ1) is 19.0. The Balaban J connectivity index is 2.85. The molecule has 0 unspecified atom stereocenters. The SMILES string of the molecule is CC(=O)N[C@H]1[C@H](OCC(C)(C)C(C)=O)O[C@H](CO)[C@@H](O)[C@@H]1O. The largest absolute Gasteiger partial charge is 0.394 e. The summed E-state index contributed by atoms with van der Waals surface area (Å²) in [6, 6.07) is -1.00. The highest BCUT2D eigenvalue weighted by Gasteiger charge is 2.45. The summed E-state index contributed by atoms with van der Waals surface area (Å²) in [6.45, 7) is 5.57. The minimum Gasteiger partial charge on any atom is -0.394 e. The summed E-state index contributed by atoms with van der Waals surface area (Å²) in [6.07, 6.45) is -4.84. The van der Waals surface area contributed by atoms with Crippen LogP contribution in [0.2, 0.25) is 0 Å². The van der Waals surface area contributed by atoms with Crippen molar-refractivity contribution in [3.63, 3.8) is 0 Å². The zero-order valence-corrected chi connectivity index (χ0v) is 13.3. The molecule has 1 saturated heterocycles. The predicted molar refractivity (Wildman–Crippen MR) is 75.8 cm³/mol. The molecule has 1 aliphatic heterocycles. The van der Waals surface area contributed by atoms with E-state index in [1.807, 2.05) is 0 Å². The third kappa shape index (κ3) is 4.47. The molecule has 1 rings (SSSR count). The summed E-state index contributed by atoms with van der Waals surface area (Å²) in [7, 11) is 0. The minimum atomic E-state index is -1.36. The van der Waals surface area contributed by atoms with E-state index >= 15 is 0 Å². The molecule has 1 aliphatic rings. The van der Waals surface area contributed by atoms with Gasteiger partial charge in [-0.25, -0.2) is 0 Å². The van der Waals surface area contributed by atoms with Crippen LogP contribution < -0.4 is 5.32 Å². The summed E-state index contributed by atoms with van der Waals surface area (Å²) in [5.41, 5.74) is -0.764. The van der Waals surface area contributed by atoms with Gasteiger partial charge in [-0.2, -0.15) is 0 Å². The van der Waals surface area contributed by atoms with Crippen molar-refractivity contribution >= 4 is 11.7 Å². The number of hydrogen-bond acceptors (Lipinski definition) is 7. The van der Waals surface area contributed by atoms with E-state index in [9.17, 15) is 24.9 Å². The summed E-state index contributed by atoms with van der Waals surface area (Å²) < 4.78 is 10.9. The van der Waals surface area contributed by atoms with Crippen LogP contribution >= 0.6 is 0 Å². The lowest BCUT2D eigenvalue weighted by Gasteiger charge is -2.42. The first-order valence-corrected chi connectivity index (χ1v) is 7.12. The van der Waals surface area contributed by atoms with Crippen LogP contribution in [0.25, 0.3) is 0 Å². The van der Waals surface area contributed by atoms with Crippen LogP contribution in [0.5, 0.6) is 0 Å². The minimum absolute atomic E-state index is 0.00402. The van der Waals surface area contributed by atoms with Gasteiger partial charge in [0.25, 0.3) is 0 Å². The van der Waals surface area contributed by atoms with E-state index in [1.54, 1.807) is 13.8 Å². The molecule has 0 aromatic rings. The van der Waals surface area contributed by atoms with E-state index < -0.39 is 48.6 Å². The zero-order valence-electron chi connectivity index (χ0n) is 13.3. The number of aliphatic hydroxyl groups excluding tert-OH is 3. The molecular weight excluding hydrogens is 294 g/mol. The molecule has 1 amide bonds. The molecule has 0 radical (unpaired) electrons. The number of hydrogen-bond donors (Lipinski definition) is 4. The number of carbonyl (C=O) groups excluding carboxylic acids is 2. The van der Waals surface area contributed by atoms with E-state index in [2.05, 4.69) is 5.32 Å². The number of carbonyl (C=O) groups is 2. The monoisotopic (exact) mass is 319 g/mol. The van der Waals surface area contributed by atoms with Crippen molar-refractivity contribution in [1.29, 1.82) is 0 Å². The van der Waals surface area contributed by atoms with Crippen molar-refractivity contribution in [3.8, 4) is 0 Å². The fraction of sp³-hybridized carbons (Fsp3) is 0.857. The van der Waals surface area contributed by atoms with Crippen LogP contribution in [0.15, 0.2) is 0 Å². The smallest absolute Gasteiger partial charge is 0.217 e. The van der Waals surface area contributed by atoms with Gasteiger partial charge < -0.3 is 30.1 Å². The third-order valence-corrected chi connectivity index (χ3v) is 3.81. The first-order chi connectivity index (χ1) is 10.1. The van der Waals surface area contributed by atoms with Crippen molar-refractivity contribution in [2.45, 2.75) is 58.3 Å². The molecule has 8 nitrogen and oxygen atoms in total. The molecule has 1 heterocycles. The van der Waals surface area contributed by atoms with Gasteiger partial charge in [0.05, 0.1) is 13.2 Å². The van der Waals surface area contributed by atoms with Crippen LogP contribution in [-0.2, 0) is 19.1 Å². The average molecular weight is 319 g/mol. The molecule has 0 aromatic heterocycles. The van der Waals surface area contributed by atoms with Gasteiger partial charge in [0, 0.05) is 12.3 Å². The second-order valence-electron chi connectivity index (χ2n) is 6.18. The molecule has 5 atom stereocenters. The van der Waals surface area contributed by atoms with Crippen LogP contribution in [0.3, 0.4) is 0 Å². The number of Topliss-reactive ketones (excluding diaryl/α,β-unsaturated/α-hetero) is 1. The Morgan fingerprint density at radius 1 is 1.23 bits per heavy atom. The van der Waals surface area contributed by atoms with Gasteiger partial charge in [-0.15, -0.1) is 0 Å². The molecule has 128 valence electrons. The molecule has 0 aromatic carbocycles. The van der Waals surface area contributed by atoms with Crippen LogP contribution in [-0.4, -0.2) is 70.9 Å². The lowest BCUT2D eigenvalue weighted by Crippen LogP contribution is -2.64. The molecule has 22 heavy (non-hydrogen) atoms. The number of aliphatic hydroxyl groups is 3.